The number of nitrogens with zero attached hydrogens (tertiary/aromatic N) is 3. The molecule has 3 rings (SSSR count). The number of ether oxygens (including phenoxy) is 1. The largest absolute Gasteiger partial charge is 0.488 e. The number of benzene rings is 2. The fourth-order valence-corrected chi connectivity index (χ4v) is 2.13. The minimum absolute atomic E-state index is 0.136. The average molecular weight is 286 g/mol. The predicted octanol–water partition coefficient (Wildman–Crippen LogP) is 2.93. The zero-order valence-corrected chi connectivity index (χ0v) is 11.7. The van der Waals surface area contributed by atoms with Crippen LogP contribution in [-0.2, 0) is 0 Å². The fourth-order valence-electron chi connectivity index (χ4n) is 2.13. The highest BCUT2D eigenvalue weighted by Gasteiger charge is 2.14. The first kappa shape index (κ1) is 13.4. The lowest BCUT2D eigenvalue weighted by atomic mass is 10.2. The monoisotopic (exact) mass is 286 g/mol. The zero-order chi connectivity index (χ0) is 15.0. The van der Waals surface area contributed by atoms with Crippen molar-refractivity contribution in [1.29, 1.82) is 0 Å². The molecule has 0 saturated carbocycles. The Morgan fingerprint density at radius 1 is 1.24 bits per heavy atom. The minimum atomic E-state index is -0.491. The van der Waals surface area contributed by atoms with Gasteiger partial charge in [-0.25, -0.2) is 9.07 Å². The van der Waals surface area contributed by atoms with Crippen LogP contribution in [-0.4, -0.2) is 21.1 Å². The molecule has 0 aliphatic rings. The van der Waals surface area contributed by atoms with Crippen molar-refractivity contribution in [2.75, 3.05) is 5.73 Å². The summed E-state index contributed by atoms with van der Waals surface area (Å²) in [5.74, 6) is -0.344. The van der Waals surface area contributed by atoms with Gasteiger partial charge in [0.1, 0.15) is 5.52 Å². The van der Waals surface area contributed by atoms with Crippen molar-refractivity contribution in [2.45, 2.75) is 20.0 Å². The predicted molar refractivity (Wildman–Crippen MR) is 79.0 cm³/mol. The maximum Gasteiger partial charge on any atom is 0.167 e. The SMILES string of the molecule is CC(C)Oc1cc(-n2nnc3ccccc32)c(N)cc1F. The number of nitrogens with two attached hydrogens (primary N) is 1. The van der Waals surface area contributed by atoms with E-state index in [-0.39, 0.29) is 17.5 Å². The van der Waals surface area contributed by atoms with Crippen LogP contribution >= 0.6 is 0 Å². The van der Waals surface area contributed by atoms with E-state index < -0.39 is 5.82 Å². The van der Waals surface area contributed by atoms with Crippen molar-refractivity contribution in [2.24, 2.45) is 0 Å². The molecule has 0 amide bonds. The maximum atomic E-state index is 13.9. The molecule has 2 aromatic carbocycles. The summed E-state index contributed by atoms with van der Waals surface area (Å²) in [5, 5.41) is 8.16. The summed E-state index contributed by atoms with van der Waals surface area (Å²) in [5.41, 5.74) is 8.28. The van der Waals surface area contributed by atoms with E-state index in [1.807, 2.05) is 38.1 Å². The fraction of sp³-hybridized carbons (Fsp3) is 0.200. The van der Waals surface area contributed by atoms with Gasteiger partial charge in [-0.15, -0.1) is 5.10 Å². The summed E-state index contributed by atoms with van der Waals surface area (Å²) in [6.45, 7) is 3.67. The second-order valence-electron chi connectivity index (χ2n) is 5.00. The minimum Gasteiger partial charge on any atom is -0.488 e. The van der Waals surface area contributed by atoms with E-state index in [4.69, 9.17) is 10.5 Å². The summed E-state index contributed by atoms with van der Waals surface area (Å²) in [6, 6.07) is 10.3. The Morgan fingerprint density at radius 3 is 2.76 bits per heavy atom. The highest BCUT2D eigenvalue weighted by Crippen LogP contribution is 2.29. The highest BCUT2D eigenvalue weighted by molar-refractivity contribution is 5.78. The molecular weight excluding hydrogens is 271 g/mol. The number of para-hydroxylation sites is 1. The number of hydrogen-bond donors (Lipinski definition) is 1. The van der Waals surface area contributed by atoms with Crippen LogP contribution in [0.15, 0.2) is 36.4 Å². The van der Waals surface area contributed by atoms with Gasteiger partial charge < -0.3 is 10.5 Å². The van der Waals surface area contributed by atoms with Crippen LogP contribution < -0.4 is 10.5 Å². The van der Waals surface area contributed by atoms with E-state index in [1.54, 1.807) is 10.7 Å². The summed E-state index contributed by atoms with van der Waals surface area (Å²) >= 11 is 0. The second kappa shape index (κ2) is 5.05. The topological polar surface area (TPSA) is 66.0 Å². The van der Waals surface area contributed by atoms with Crippen LogP contribution in [0.2, 0.25) is 0 Å². The molecule has 6 heteroatoms. The Labute approximate surface area is 121 Å². The van der Waals surface area contributed by atoms with Crippen LogP contribution in [0, 0.1) is 5.82 Å². The lowest BCUT2D eigenvalue weighted by Gasteiger charge is -2.14. The Bertz CT molecular complexity index is 797. The van der Waals surface area contributed by atoms with Gasteiger partial charge in [0.05, 0.1) is 23.0 Å². The summed E-state index contributed by atoms with van der Waals surface area (Å²) in [6.07, 6.45) is -0.136. The molecule has 0 aliphatic heterocycles. The molecule has 3 aromatic rings. The third kappa shape index (κ3) is 2.40. The molecule has 0 unspecified atom stereocenters. The van der Waals surface area contributed by atoms with Gasteiger partial charge in [0, 0.05) is 12.1 Å². The van der Waals surface area contributed by atoms with E-state index in [0.29, 0.717) is 5.69 Å². The number of fused-ring (bicyclic) bond motifs is 1. The molecule has 1 aromatic heterocycles. The normalized spacial score (nSPS) is 11.2. The van der Waals surface area contributed by atoms with E-state index in [1.165, 1.54) is 6.07 Å². The quantitative estimate of drug-likeness (QED) is 0.752. The van der Waals surface area contributed by atoms with E-state index in [0.717, 1.165) is 11.0 Å². The zero-order valence-electron chi connectivity index (χ0n) is 11.7. The molecule has 108 valence electrons. The molecule has 5 nitrogen and oxygen atoms in total. The van der Waals surface area contributed by atoms with Crippen LogP contribution in [0.3, 0.4) is 0 Å². The van der Waals surface area contributed by atoms with Gasteiger partial charge >= 0.3 is 0 Å². The molecule has 0 aliphatic carbocycles. The van der Waals surface area contributed by atoms with Gasteiger partial charge in [-0.05, 0) is 26.0 Å². The van der Waals surface area contributed by atoms with E-state index >= 15 is 0 Å². The van der Waals surface area contributed by atoms with Crippen LogP contribution in [0.25, 0.3) is 16.7 Å². The Balaban J connectivity index is 2.17. The van der Waals surface area contributed by atoms with E-state index in [2.05, 4.69) is 10.3 Å². The Hall–Kier alpha value is -2.63. The standard InChI is InChI=1S/C15H15FN4O/c1-9(2)21-15-8-14(11(17)7-10(15)16)20-13-6-4-3-5-12(13)18-19-20/h3-9H,17H2,1-2H3. The lowest BCUT2D eigenvalue weighted by molar-refractivity contribution is 0.231. The average Bonchev–Trinajstić information content (AvgIpc) is 2.85. The third-order valence-electron chi connectivity index (χ3n) is 3.02. The van der Waals surface area contributed by atoms with Crippen molar-refractivity contribution < 1.29 is 9.13 Å². The van der Waals surface area contributed by atoms with Gasteiger partial charge in [0.2, 0.25) is 0 Å². The van der Waals surface area contributed by atoms with Crippen LogP contribution in [0.5, 0.6) is 5.75 Å². The van der Waals surface area contributed by atoms with E-state index in [9.17, 15) is 4.39 Å². The molecule has 0 spiro atoms. The first-order chi connectivity index (χ1) is 10.1. The number of nitrogen functional groups attached to an aromatic ring is 1. The summed E-state index contributed by atoms with van der Waals surface area (Å²) in [4.78, 5) is 0. The number of aromatic nitrogens is 3. The number of rotatable bonds is 3. The molecule has 0 radical (unpaired) electrons. The van der Waals surface area contributed by atoms with Crippen molar-refractivity contribution in [3.05, 3.63) is 42.2 Å². The molecule has 0 bridgehead atoms. The molecule has 0 saturated heterocycles. The van der Waals surface area contributed by atoms with Gasteiger partial charge in [-0.3, -0.25) is 0 Å². The molecule has 21 heavy (non-hydrogen) atoms. The first-order valence-electron chi connectivity index (χ1n) is 6.63. The number of anilines is 1. The number of hydrogen-bond acceptors (Lipinski definition) is 4. The molecule has 1 heterocycles. The van der Waals surface area contributed by atoms with Gasteiger partial charge in [-0.2, -0.15) is 0 Å². The van der Waals surface area contributed by atoms with Crippen molar-refractivity contribution in [3.8, 4) is 11.4 Å². The molecule has 2 N–H and O–H groups in total. The lowest BCUT2D eigenvalue weighted by Crippen LogP contribution is -2.09. The van der Waals surface area contributed by atoms with Gasteiger partial charge in [-0.1, -0.05) is 17.3 Å². The highest BCUT2D eigenvalue weighted by atomic mass is 19.1. The Morgan fingerprint density at radius 2 is 2.00 bits per heavy atom. The first-order valence-corrected chi connectivity index (χ1v) is 6.63. The van der Waals surface area contributed by atoms with Gasteiger partial charge in [0.15, 0.2) is 11.6 Å². The molecular formula is C15H15FN4O. The smallest absolute Gasteiger partial charge is 0.167 e. The van der Waals surface area contributed by atoms with Crippen molar-refractivity contribution >= 4 is 16.7 Å². The summed E-state index contributed by atoms with van der Waals surface area (Å²) in [7, 11) is 0. The Kier molecular flexibility index (Phi) is 3.21. The third-order valence-corrected chi connectivity index (χ3v) is 3.02. The van der Waals surface area contributed by atoms with Crippen molar-refractivity contribution in [3.63, 3.8) is 0 Å². The van der Waals surface area contributed by atoms with Crippen molar-refractivity contribution in [1.82, 2.24) is 15.0 Å². The van der Waals surface area contributed by atoms with Crippen LogP contribution in [0.4, 0.5) is 10.1 Å². The summed E-state index contributed by atoms with van der Waals surface area (Å²) < 4.78 is 20.9. The number of halogens is 1. The molecule has 0 atom stereocenters. The van der Waals surface area contributed by atoms with Crippen LogP contribution in [0.1, 0.15) is 13.8 Å². The molecule has 0 fully saturated rings. The second-order valence-corrected chi connectivity index (χ2v) is 5.00. The maximum absolute atomic E-state index is 13.9. The van der Waals surface area contributed by atoms with Gasteiger partial charge in [0.25, 0.3) is 0 Å².